The van der Waals surface area contributed by atoms with Crippen LogP contribution in [0.4, 0.5) is 13.2 Å². The van der Waals surface area contributed by atoms with Crippen LogP contribution in [0.5, 0.6) is 0 Å². The Morgan fingerprint density at radius 2 is 2.00 bits per heavy atom. The maximum atomic E-state index is 12.4. The van der Waals surface area contributed by atoms with E-state index in [2.05, 4.69) is 4.98 Å². The molecule has 0 aliphatic heterocycles. The molecule has 8 heteroatoms. The molecule has 0 bridgehead atoms. The molecule has 0 spiro atoms. The van der Waals surface area contributed by atoms with Crippen molar-refractivity contribution in [1.29, 1.82) is 0 Å². The number of hydrogen-bond donors (Lipinski definition) is 0. The highest BCUT2D eigenvalue weighted by atomic mass is 35.7. The van der Waals surface area contributed by atoms with Gasteiger partial charge in [0.2, 0.25) is 0 Å². The second-order valence-electron chi connectivity index (χ2n) is 2.09. The molecule has 0 saturated carbocycles. The van der Waals surface area contributed by atoms with Crippen molar-refractivity contribution in [1.82, 2.24) is 4.98 Å². The highest BCUT2D eigenvalue weighted by Gasteiger charge is 2.31. The number of pyridine rings is 1. The Hall–Kier alpha value is -0.820. The second kappa shape index (κ2) is 3.39. The molecule has 0 amide bonds. The van der Waals surface area contributed by atoms with Crippen molar-refractivity contribution in [2.24, 2.45) is 0 Å². The monoisotopic (exact) mass is 248 g/mol. The Morgan fingerprint density at radius 3 is 2.43 bits per heavy atom. The zero-order valence-electron chi connectivity index (χ0n) is 9.18. The van der Waals surface area contributed by atoms with Crippen molar-refractivity contribution in [3.8, 4) is 0 Å². The molecule has 1 rings (SSSR count). The number of rotatable bonds is 1. The summed E-state index contributed by atoms with van der Waals surface area (Å²) in [5.41, 5.74) is -1.77. The first-order chi connectivity index (χ1) is 7.46. The highest BCUT2D eigenvalue weighted by Crippen LogP contribution is 2.29. The molecule has 0 fully saturated rings. The molecular weight excluding hydrogens is 243 g/mol. The van der Waals surface area contributed by atoms with Gasteiger partial charge >= 0.3 is 6.18 Å². The summed E-state index contributed by atoms with van der Waals surface area (Å²) in [5.74, 6) is 0. The van der Waals surface area contributed by atoms with Gasteiger partial charge in [-0.3, -0.25) is 0 Å². The van der Waals surface area contributed by atoms with Gasteiger partial charge in [-0.05, 0) is 12.1 Å². The molecule has 3 nitrogen and oxygen atoms in total. The third-order valence-corrected chi connectivity index (χ3v) is 2.17. The summed E-state index contributed by atoms with van der Waals surface area (Å²) in [7, 11) is 0.242. The Balaban J connectivity index is 3.72. The molecule has 1 aromatic rings. The lowest BCUT2D eigenvalue weighted by atomic mass is 10.3. The Morgan fingerprint density at radius 1 is 1.43 bits per heavy atom. The summed E-state index contributed by atoms with van der Waals surface area (Å²) in [6, 6.07) is -2.74. The van der Waals surface area contributed by atoms with E-state index in [1.807, 2.05) is 0 Å². The fourth-order valence-corrected chi connectivity index (χ4v) is 1.08. The van der Waals surface area contributed by atoms with E-state index in [0.29, 0.717) is 0 Å². The zero-order chi connectivity index (χ0) is 13.6. The third-order valence-electron chi connectivity index (χ3n) is 1.08. The molecule has 0 atom stereocenters. The van der Waals surface area contributed by atoms with Gasteiger partial charge in [-0.15, -0.1) is 0 Å². The summed E-state index contributed by atoms with van der Waals surface area (Å²) < 4.78 is 79.8. The van der Waals surface area contributed by atoms with E-state index in [0.717, 1.165) is 0 Å². The first-order valence-corrected chi connectivity index (χ1v) is 5.27. The van der Waals surface area contributed by atoms with Crippen molar-refractivity contribution in [3.05, 3.63) is 23.8 Å². The van der Waals surface area contributed by atoms with Gasteiger partial charge in [0.15, 0.2) is 5.03 Å². The average molecular weight is 249 g/mol. The first kappa shape index (κ1) is 7.47. The molecule has 1 heterocycles. The topological polar surface area (TPSA) is 47.0 Å². The van der Waals surface area contributed by atoms with Gasteiger partial charge in [0.1, 0.15) is 0 Å². The molecule has 1 aromatic heterocycles. The largest absolute Gasteiger partial charge is 0.417 e. The molecule has 78 valence electrons. The Bertz CT molecular complexity index is 575. The van der Waals surface area contributed by atoms with Gasteiger partial charge < -0.3 is 0 Å². The van der Waals surface area contributed by atoms with Crippen LogP contribution in [0.25, 0.3) is 0 Å². The van der Waals surface area contributed by atoms with E-state index in [4.69, 9.17) is 14.8 Å². The first-order valence-electron chi connectivity index (χ1n) is 4.46. The van der Waals surface area contributed by atoms with Gasteiger partial charge in [-0.1, -0.05) is 0 Å². The number of aromatic nitrogens is 1. The molecule has 0 aromatic carbocycles. The number of halogens is 4. The SMILES string of the molecule is [2H]c1nc(S(=O)(=O)Cl)c([2H])c([2H])c1C(F)(F)F. The summed E-state index contributed by atoms with van der Waals surface area (Å²) in [6.07, 6.45) is -6.52. The van der Waals surface area contributed by atoms with Gasteiger partial charge in [-0.25, -0.2) is 13.4 Å². The van der Waals surface area contributed by atoms with Crippen molar-refractivity contribution in [2.75, 3.05) is 0 Å². The second-order valence-corrected chi connectivity index (χ2v) is 4.57. The Kier molecular flexibility index (Phi) is 1.81. The lowest BCUT2D eigenvalue weighted by Gasteiger charge is -2.05. The number of nitrogens with zero attached hydrogens (tertiary/aromatic N) is 1. The summed E-state index contributed by atoms with van der Waals surface area (Å²) in [5, 5.41) is -1.23. The van der Waals surface area contributed by atoms with Gasteiger partial charge in [0.25, 0.3) is 9.05 Å². The van der Waals surface area contributed by atoms with E-state index in [9.17, 15) is 21.6 Å². The van der Waals surface area contributed by atoms with E-state index >= 15 is 0 Å². The van der Waals surface area contributed by atoms with E-state index in [1.54, 1.807) is 0 Å². The van der Waals surface area contributed by atoms with Crippen molar-refractivity contribution < 1.29 is 25.7 Å². The molecule has 0 radical (unpaired) electrons. The molecule has 0 N–H and O–H groups in total. The van der Waals surface area contributed by atoms with Crippen LogP contribution in [0, 0.1) is 0 Å². The summed E-state index contributed by atoms with van der Waals surface area (Å²) in [4.78, 5) is 2.79. The standard InChI is InChI=1S/C6H3ClF3NO2S/c7-14(12,13)5-2-1-4(3-11-5)6(8,9)10/h1-3H/i1D,2D,3D. The van der Waals surface area contributed by atoms with Crippen LogP contribution in [0.2, 0.25) is 0 Å². The van der Waals surface area contributed by atoms with Crippen LogP contribution < -0.4 is 0 Å². The number of alkyl halides is 3. The lowest BCUT2D eigenvalue weighted by molar-refractivity contribution is -0.137. The molecular formula is C6H3ClF3NO2S. The normalized spacial score (nSPS) is 15.9. The third kappa shape index (κ3) is 2.58. The van der Waals surface area contributed by atoms with E-state index in [-0.39, 0.29) is 0 Å². The average Bonchev–Trinajstić information content (AvgIpc) is 2.07. The van der Waals surface area contributed by atoms with Crippen LogP contribution in [-0.4, -0.2) is 13.4 Å². The van der Waals surface area contributed by atoms with Gasteiger partial charge in [0, 0.05) is 16.9 Å². The van der Waals surface area contributed by atoms with Crippen LogP contribution in [-0.2, 0) is 15.2 Å². The van der Waals surface area contributed by atoms with Crippen LogP contribution in [0.3, 0.4) is 0 Å². The van der Waals surface area contributed by atoms with Crippen molar-refractivity contribution in [2.45, 2.75) is 11.2 Å². The fraction of sp³-hybridized carbons (Fsp3) is 0.167. The lowest BCUT2D eigenvalue weighted by Crippen LogP contribution is -2.06. The highest BCUT2D eigenvalue weighted by molar-refractivity contribution is 8.13. The van der Waals surface area contributed by atoms with E-state index < -0.39 is 44.1 Å². The molecule has 0 saturated heterocycles. The zero-order valence-corrected chi connectivity index (χ0v) is 7.76. The van der Waals surface area contributed by atoms with Gasteiger partial charge in [0.05, 0.1) is 9.68 Å². The fourth-order valence-electron chi connectivity index (χ4n) is 0.528. The quantitative estimate of drug-likeness (QED) is 0.715. The predicted octanol–water partition coefficient (Wildman–Crippen LogP) is 2.03. The van der Waals surface area contributed by atoms with Crippen molar-refractivity contribution in [3.63, 3.8) is 0 Å². The molecule has 0 unspecified atom stereocenters. The molecule has 0 aliphatic carbocycles. The minimum Gasteiger partial charge on any atom is -0.243 e. The number of hydrogen-bond acceptors (Lipinski definition) is 3. The molecule has 0 aliphatic rings. The minimum atomic E-state index is -5.06. The smallest absolute Gasteiger partial charge is 0.243 e. The maximum absolute atomic E-state index is 12.4. The van der Waals surface area contributed by atoms with Crippen molar-refractivity contribution >= 4 is 19.7 Å². The maximum Gasteiger partial charge on any atom is 0.417 e. The summed E-state index contributed by atoms with van der Waals surface area (Å²) in [6.45, 7) is 0. The predicted molar refractivity (Wildman–Crippen MR) is 42.3 cm³/mol. The van der Waals surface area contributed by atoms with Crippen LogP contribution >= 0.6 is 10.7 Å². The van der Waals surface area contributed by atoms with Crippen LogP contribution in [0.15, 0.2) is 23.3 Å². The molecule has 14 heavy (non-hydrogen) atoms. The minimum absolute atomic E-state index is 1.23. The van der Waals surface area contributed by atoms with Gasteiger partial charge in [-0.2, -0.15) is 13.2 Å². The Labute approximate surface area is 86.2 Å². The summed E-state index contributed by atoms with van der Waals surface area (Å²) >= 11 is 0. The van der Waals surface area contributed by atoms with Crippen LogP contribution in [0.1, 0.15) is 9.68 Å². The van der Waals surface area contributed by atoms with E-state index in [1.165, 1.54) is 0 Å².